The molecular formula is C13H14N4OS. The first-order chi connectivity index (χ1) is 9.24. The van der Waals surface area contributed by atoms with Crippen molar-refractivity contribution >= 4 is 22.7 Å². The Bertz CT molecular complexity index is 677. The average molecular weight is 274 g/mol. The molecule has 0 saturated carbocycles. The van der Waals surface area contributed by atoms with Crippen LogP contribution >= 0.6 is 11.3 Å². The highest BCUT2D eigenvalue weighted by Crippen LogP contribution is 2.19. The molecular weight excluding hydrogens is 260 g/mol. The summed E-state index contributed by atoms with van der Waals surface area (Å²) in [5, 5.41) is 21.4. The SMILES string of the molecule is Cc1cc2c(NCC(O)c3ccsc3)nccn2n1. The van der Waals surface area contributed by atoms with Gasteiger partial charge >= 0.3 is 0 Å². The smallest absolute Gasteiger partial charge is 0.152 e. The van der Waals surface area contributed by atoms with E-state index in [-0.39, 0.29) is 0 Å². The molecule has 6 heteroatoms. The lowest BCUT2D eigenvalue weighted by Crippen LogP contribution is -2.13. The quantitative estimate of drug-likeness (QED) is 0.766. The van der Waals surface area contributed by atoms with Gasteiger partial charge in [-0.25, -0.2) is 9.50 Å². The molecule has 0 fully saturated rings. The summed E-state index contributed by atoms with van der Waals surface area (Å²) >= 11 is 1.58. The van der Waals surface area contributed by atoms with Crippen molar-refractivity contribution in [3.05, 3.63) is 46.5 Å². The lowest BCUT2D eigenvalue weighted by Gasteiger charge is -2.11. The molecule has 3 aromatic heterocycles. The molecule has 1 unspecified atom stereocenters. The molecule has 0 amide bonds. The molecule has 2 N–H and O–H groups in total. The minimum absolute atomic E-state index is 0.424. The first-order valence-corrected chi connectivity index (χ1v) is 6.93. The third-order valence-corrected chi connectivity index (χ3v) is 3.60. The fourth-order valence-electron chi connectivity index (χ4n) is 1.96. The molecule has 1 atom stereocenters. The lowest BCUT2D eigenvalue weighted by atomic mass is 10.2. The van der Waals surface area contributed by atoms with Gasteiger partial charge in [0.05, 0.1) is 11.8 Å². The predicted molar refractivity (Wildman–Crippen MR) is 75.5 cm³/mol. The minimum Gasteiger partial charge on any atom is -0.387 e. The zero-order valence-corrected chi connectivity index (χ0v) is 11.3. The maximum atomic E-state index is 10.0. The van der Waals surface area contributed by atoms with Gasteiger partial charge in [0.15, 0.2) is 5.82 Å². The average Bonchev–Trinajstić information content (AvgIpc) is 3.03. The Hall–Kier alpha value is -1.92. The molecule has 3 aromatic rings. The van der Waals surface area contributed by atoms with E-state index in [1.807, 2.05) is 36.0 Å². The number of hydrogen-bond acceptors (Lipinski definition) is 5. The molecule has 19 heavy (non-hydrogen) atoms. The van der Waals surface area contributed by atoms with Gasteiger partial charge in [-0.1, -0.05) is 0 Å². The number of anilines is 1. The first-order valence-electron chi connectivity index (χ1n) is 5.99. The van der Waals surface area contributed by atoms with Crippen molar-refractivity contribution in [2.24, 2.45) is 0 Å². The summed E-state index contributed by atoms with van der Waals surface area (Å²) in [6.45, 7) is 2.37. The van der Waals surface area contributed by atoms with Crippen molar-refractivity contribution < 1.29 is 5.11 Å². The highest BCUT2D eigenvalue weighted by atomic mass is 32.1. The highest BCUT2D eigenvalue weighted by molar-refractivity contribution is 7.07. The van der Waals surface area contributed by atoms with E-state index in [0.29, 0.717) is 6.54 Å². The summed E-state index contributed by atoms with van der Waals surface area (Å²) in [4.78, 5) is 4.29. The number of rotatable bonds is 4. The number of aromatic nitrogens is 3. The zero-order chi connectivity index (χ0) is 13.2. The van der Waals surface area contributed by atoms with E-state index in [1.54, 1.807) is 22.0 Å². The molecule has 0 aliphatic heterocycles. The van der Waals surface area contributed by atoms with E-state index in [4.69, 9.17) is 0 Å². The zero-order valence-electron chi connectivity index (χ0n) is 10.4. The van der Waals surface area contributed by atoms with Crippen molar-refractivity contribution in [2.75, 3.05) is 11.9 Å². The third-order valence-electron chi connectivity index (χ3n) is 2.90. The topological polar surface area (TPSA) is 62.5 Å². The summed E-state index contributed by atoms with van der Waals surface area (Å²) in [5.74, 6) is 0.734. The molecule has 0 aliphatic carbocycles. The standard InChI is InChI=1S/C13H14N4OS/c1-9-6-11-13(14-3-4-17(11)16-9)15-7-12(18)10-2-5-19-8-10/h2-6,8,12,18H,7H2,1H3,(H,14,15). The van der Waals surface area contributed by atoms with E-state index in [0.717, 1.165) is 22.6 Å². The summed E-state index contributed by atoms with van der Waals surface area (Å²) in [6, 6.07) is 3.89. The Morgan fingerprint density at radius 3 is 3.21 bits per heavy atom. The monoisotopic (exact) mass is 274 g/mol. The Labute approximate surface area is 114 Å². The van der Waals surface area contributed by atoms with Crippen molar-refractivity contribution in [1.82, 2.24) is 14.6 Å². The molecule has 0 bridgehead atoms. The Balaban J connectivity index is 1.78. The van der Waals surface area contributed by atoms with E-state index < -0.39 is 6.10 Å². The highest BCUT2D eigenvalue weighted by Gasteiger charge is 2.10. The van der Waals surface area contributed by atoms with Crippen LogP contribution in [0.5, 0.6) is 0 Å². The van der Waals surface area contributed by atoms with E-state index in [9.17, 15) is 5.11 Å². The molecule has 0 radical (unpaired) electrons. The second-order valence-corrected chi connectivity index (χ2v) is 5.12. The van der Waals surface area contributed by atoms with Crippen LogP contribution in [0.3, 0.4) is 0 Å². The van der Waals surface area contributed by atoms with Gasteiger partial charge in [0.2, 0.25) is 0 Å². The van der Waals surface area contributed by atoms with E-state index >= 15 is 0 Å². The van der Waals surface area contributed by atoms with Crippen LogP contribution in [-0.2, 0) is 0 Å². The molecule has 3 rings (SSSR count). The van der Waals surface area contributed by atoms with Crippen LogP contribution in [0.1, 0.15) is 17.4 Å². The van der Waals surface area contributed by atoms with Gasteiger partial charge in [0.25, 0.3) is 0 Å². The second-order valence-electron chi connectivity index (χ2n) is 4.34. The van der Waals surface area contributed by atoms with E-state index in [2.05, 4.69) is 15.4 Å². The van der Waals surface area contributed by atoms with Crippen molar-refractivity contribution in [3.63, 3.8) is 0 Å². The van der Waals surface area contributed by atoms with Gasteiger partial charge in [-0.05, 0) is 35.4 Å². The summed E-state index contributed by atoms with van der Waals surface area (Å²) in [6.07, 6.45) is 2.97. The number of nitrogens with zero attached hydrogens (tertiary/aromatic N) is 3. The molecule has 5 nitrogen and oxygen atoms in total. The summed E-state index contributed by atoms with van der Waals surface area (Å²) in [5.41, 5.74) is 2.78. The fraction of sp³-hybridized carbons (Fsp3) is 0.231. The third kappa shape index (κ3) is 2.45. The number of aliphatic hydroxyl groups excluding tert-OH is 1. The maximum absolute atomic E-state index is 10.0. The van der Waals surface area contributed by atoms with Gasteiger partial charge < -0.3 is 10.4 Å². The van der Waals surface area contributed by atoms with Crippen LogP contribution in [0.2, 0.25) is 0 Å². The normalized spacial score (nSPS) is 12.7. The summed E-state index contributed by atoms with van der Waals surface area (Å²) in [7, 11) is 0. The molecule has 3 heterocycles. The Morgan fingerprint density at radius 2 is 2.42 bits per heavy atom. The summed E-state index contributed by atoms with van der Waals surface area (Å²) < 4.78 is 1.78. The van der Waals surface area contributed by atoms with Crippen LogP contribution < -0.4 is 5.32 Å². The van der Waals surface area contributed by atoms with Crippen LogP contribution in [0.15, 0.2) is 35.3 Å². The number of fused-ring (bicyclic) bond motifs is 1. The fourth-order valence-corrected chi connectivity index (χ4v) is 2.66. The van der Waals surface area contributed by atoms with Gasteiger partial charge in [-0.2, -0.15) is 16.4 Å². The second kappa shape index (κ2) is 4.99. The van der Waals surface area contributed by atoms with Crippen molar-refractivity contribution in [3.8, 4) is 0 Å². The number of aryl methyl sites for hydroxylation is 1. The van der Waals surface area contributed by atoms with Gasteiger partial charge in [0.1, 0.15) is 5.52 Å². The van der Waals surface area contributed by atoms with Crippen LogP contribution in [0, 0.1) is 6.92 Å². The van der Waals surface area contributed by atoms with Crippen molar-refractivity contribution in [1.29, 1.82) is 0 Å². The molecule has 0 spiro atoms. The number of aliphatic hydroxyl groups is 1. The molecule has 0 aromatic carbocycles. The van der Waals surface area contributed by atoms with Crippen LogP contribution in [-0.4, -0.2) is 26.2 Å². The number of thiophene rings is 1. The molecule has 0 saturated heterocycles. The van der Waals surface area contributed by atoms with Crippen LogP contribution in [0.4, 0.5) is 5.82 Å². The number of hydrogen-bond donors (Lipinski definition) is 2. The predicted octanol–water partition coefficient (Wildman–Crippen LogP) is 2.24. The largest absolute Gasteiger partial charge is 0.387 e. The lowest BCUT2D eigenvalue weighted by molar-refractivity contribution is 0.192. The van der Waals surface area contributed by atoms with Crippen molar-refractivity contribution in [2.45, 2.75) is 13.0 Å². The first kappa shape index (κ1) is 12.1. The number of nitrogens with one attached hydrogen (secondary N) is 1. The van der Waals surface area contributed by atoms with Gasteiger partial charge in [-0.15, -0.1) is 0 Å². The van der Waals surface area contributed by atoms with Gasteiger partial charge in [0, 0.05) is 18.9 Å². The van der Waals surface area contributed by atoms with Gasteiger partial charge in [-0.3, -0.25) is 0 Å². The molecule has 0 aliphatic rings. The minimum atomic E-state index is -0.530. The van der Waals surface area contributed by atoms with Crippen LogP contribution in [0.25, 0.3) is 5.52 Å². The van der Waals surface area contributed by atoms with E-state index in [1.165, 1.54) is 0 Å². The Morgan fingerprint density at radius 1 is 1.53 bits per heavy atom. The molecule has 98 valence electrons. The Kier molecular flexibility index (Phi) is 3.18. The maximum Gasteiger partial charge on any atom is 0.152 e.